The lowest BCUT2D eigenvalue weighted by molar-refractivity contribution is -0.116. The van der Waals surface area contributed by atoms with Gasteiger partial charge in [0, 0.05) is 24.0 Å². The van der Waals surface area contributed by atoms with Gasteiger partial charge in [-0.3, -0.25) is 9.59 Å². The summed E-state index contributed by atoms with van der Waals surface area (Å²) < 4.78 is 0. The van der Waals surface area contributed by atoms with Crippen LogP contribution in [0, 0.1) is 0 Å². The van der Waals surface area contributed by atoms with E-state index in [0.717, 1.165) is 5.69 Å². The summed E-state index contributed by atoms with van der Waals surface area (Å²) in [4.78, 5) is 25.3. The van der Waals surface area contributed by atoms with Crippen molar-refractivity contribution in [3.05, 3.63) is 60.2 Å². The zero-order chi connectivity index (χ0) is 15.2. The van der Waals surface area contributed by atoms with Gasteiger partial charge in [0.05, 0.1) is 6.54 Å². The van der Waals surface area contributed by atoms with Crippen molar-refractivity contribution in [3.8, 4) is 0 Å². The quantitative estimate of drug-likeness (QED) is 0.858. The van der Waals surface area contributed by atoms with Gasteiger partial charge in [0.1, 0.15) is 0 Å². The van der Waals surface area contributed by atoms with Gasteiger partial charge < -0.3 is 10.2 Å². The van der Waals surface area contributed by atoms with Crippen molar-refractivity contribution in [1.29, 1.82) is 0 Å². The van der Waals surface area contributed by atoms with Crippen LogP contribution in [-0.4, -0.2) is 25.3 Å². The van der Waals surface area contributed by atoms with Crippen LogP contribution >= 0.6 is 0 Å². The standard InChI is InChI=1S/C17H18N2O2/c1-13(20)15-10-6-7-11-16(15)18-12-17(21)19(2)14-8-4-3-5-9-14/h3-11,18H,12H2,1-2H3. The van der Waals surface area contributed by atoms with Crippen molar-refractivity contribution in [2.45, 2.75) is 6.92 Å². The first kappa shape index (κ1) is 14.8. The van der Waals surface area contributed by atoms with Crippen molar-refractivity contribution in [3.63, 3.8) is 0 Å². The number of Topliss-reactive ketones (excluding diaryl/α,β-unsaturated/α-hetero) is 1. The Morgan fingerprint density at radius 1 is 1.00 bits per heavy atom. The fraction of sp³-hybridized carbons (Fsp3) is 0.176. The molecule has 0 aromatic heterocycles. The molecular formula is C17H18N2O2. The van der Waals surface area contributed by atoms with Crippen LogP contribution in [0.4, 0.5) is 11.4 Å². The third kappa shape index (κ3) is 3.69. The first-order valence-corrected chi connectivity index (χ1v) is 6.75. The van der Waals surface area contributed by atoms with E-state index in [1.807, 2.05) is 36.4 Å². The SMILES string of the molecule is CC(=O)c1ccccc1NCC(=O)N(C)c1ccccc1. The fourth-order valence-electron chi connectivity index (χ4n) is 2.03. The van der Waals surface area contributed by atoms with Crippen LogP contribution in [0.1, 0.15) is 17.3 Å². The van der Waals surface area contributed by atoms with Crippen LogP contribution in [0.25, 0.3) is 0 Å². The number of nitrogens with one attached hydrogen (secondary N) is 1. The zero-order valence-corrected chi connectivity index (χ0v) is 12.2. The van der Waals surface area contributed by atoms with E-state index in [4.69, 9.17) is 0 Å². The molecule has 0 bridgehead atoms. The van der Waals surface area contributed by atoms with Gasteiger partial charge in [0.15, 0.2) is 5.78 Å². The maximum Gasteiger partial charge on any atom is 0.246 e. The Labute approximate surface area is 124 Å². The lowest BCUT2D eigenvalue weighted by Crippen LogP contribution is -2.32. The smallest absolute Gasteiger partial charge is 0.246 e. The monoisotopic (exact) mass is 282 g/mol. The second-order valence-corrected chi connectivity index (χ2v) is 4.74. The molecule has 0 aliphatic carbocycles. The molecule has 0 atom stereocenters. The molecule has 0 saturated heterocycles. The second kappa shape index (κ2) is 6.70. The highest BCUT2D eigenvalue weighted by molar-refractivity contribution is 6.01. The normalized spacial score (nSPS) is 10.0. The number of likely N-dealkylation sites (N-methyl/N-ethyl adjacent to an activating group) is 1. The number of amides is 1. The van der Waals surface area contributed by atoms with Crippen molar-refractivity contribution in [2.24, 2.45) is 0 Å². The number of nitrogens with zero attached hydrogens (tertiary/aromatic N) is 1. The second-order valence-electron chi connectivity index (χ2n) is 4.74. The Bertz CT molecular complexity index is 638. The van der Waals surface area contributed by atoms with Gasteiger partial charge in [0.25, 0.3) is 0 Å². The van der Waals surface area contributed by atoms with Crippen LogP contribution in [-0.2, 0) is 4.79 Å². The number of hydrogen-bond acceptors (Lipinski definition) is 3. The van der Waals surface area contributed by atoms with Gasteiger partial charge in [-0.1, -0.05) is 30.3 Å². The van der Waals surface area contributed by atoms with E-state index in [-0.39, 0.29) is 18.2 Å². The molecule has 108 valence electrons. The average molecular weight is 282 g/mol. The topological polar surface area (TPSA) is 49.4 Å². The number of carbonyl (C=O) groups excluding carboxylic acids is 2. The minimum Gasteiger partial charge on any atom is -0.376 e. The van der Waals surface area contributed by atoms with Gasteiger partial charge in [-0.25, -0.2) is 0 Å². The third-order valence-electron chi connectivity index (χ3n) is 3.25. The Balaban J connectivity index is 2.03. The molecule has 0 aliphatic heterocycles. The maximum absolute atomic E-state index is 12.2. The van der Waals surface area contributed by atoms with Gasteiger partial charge >= 0.3 is 0 Å². The summed E-state index contributed by atoms with van der Waals surface area (Å²) in [5.41, 5.74) is 2.11. The summed E-state index contributed by atoms with van der Waals surface area (Å²) in [7, 11) is 1.73. The number of hydrogen-bond donors (Lipinski definition) is 1. The molecule has 0 heterocycles. The molecule has 21 heavy (non-hydrogen) atoms. The van der Waals surface area contributed by atoms with Crippen molar-refractivity contribution < 1.29 is 9.59 Å². The van der Waals surface area contributed by atoms with Crippen LogP contribution in [0.15, 0.2) is 54.6 Å². The highest BCUT2D eigenvalue weighted by atomic mass is 16.2. The van der Waals surface area contributed by atoms with E-state index in [1.165, 1.54) is 6.92 Å². The molecule has 2 aromatic rings. The molecule has 0 aliphatic rings. The largest absolute Gasteiger partial charge is 0.376 e. The number of carbonyl (C=O) groups is 2. The lowest BCUT2D eigenvalue weighted by Gasteiger charge is -2.18. The number of anilines is 2. The molecule has 1 amide bonds. The van der Waals surface area contributed by atoms with E-state index in [2.05, 4.69) is 5.32 Å². The molecule has 0 saturated carbocycles. The summed E-state index contributed by atoms with van der Waals surface area (Å²) in [5.74, 6) is -0.0958. The zero-order valence-electron chi connectivity index (χ0n) is 12.2. The number of benzene rings is 2. The van der Waals surface area contributed by atoms with E-state index in [0.29, 0.717) is 11.3 Å². The highest BCUT2D eigenvalue weighted by Gasteiger charge is 2.12. The van der Waals surface area contributed by atoms with Crippen LogP contribution in [0.3, 0.4) is 0 Å². The molecule has 0 unspecified atom stereocenters. The van der Waals surface area contributed by atoms with Gasteiger partial charge in [0.2, 0.25) is 5.91 Å². The van der Waals surface area contributed by atoms with Gasteiger partial charge in [-0.05, 0) is 31.2 Å². The van der Waals surface area contributed by atoms with Crippen molar-refractivity contribution >= 4 is 23.1 Å². The van der Waals surface area contributed by atoms with E-state index >= 15 is 0 Å². The first-order valence-electron chi connectivity index (χ1n) is 6.75. The molecule has 0 spiro atoms. The fourth-order valence-corrected chi connectivity index (χ4v) is 2.03. The van der Waals surface area contributed by atoms with E-state index in [9.17, 15) is 9.59 Å². The van der Waals surface area contributed by atoms with Crippen LogP contribution in [0.2, 0.25) is 0 Å². The highest BCUT2D eigenvalue weighted by Crippen LogP contribution is 2.16. The summed E-state index contributed by atoms with van der Waals surface area (Å²) in [5, 5.41) is 3.03. The molecule has 2 aromatic carbocycles. The van der Waals surface area contributed by atoms with Crippen molar-refractivity contribution in [2.75, 3.05) is 23.8 Å². The van der Waals surface area contributed by atoms with E-state index in [1.54, 1.807) is 30.1 Å². The number of ketones is 1. The molecule has 2 rings (SSSR count). The first-order chi connectivity index (χ1) is 10.1. The summed E-state index contributed by atoms with van der Waals surface area (Å²) >= 11 is 0. The maximum atomic E-state index is 12.2. The summed E-state index contributed by atoms with van der Waals surface area (Å²) in [6.07, 6.45) is 0. The predicted octanol–water partition coefficient (Wildman–Crippen LogP) is 2.96. The van der Waals surface area contributed by atoms with Crippen molar-refractivity contribution in [1.82, 2.24) is 0 Å². The number of rotatable bonds is 5. The molecule has 0 radical (unpaired) electrons. The molecule has 0 fully saturated rings. The molecule has 4 heteroatoms. The molecule has 4 nitrogen and oxygen atoms in total. The predicted molar refractivity (Wildman–Crippen MR) is 84.8 cm³/mol. The van der Waals surface area contributed by atoms with Gasteiger partial charge in [-0.2, -0.15) is 0 Å². The lowest BCUT2D eigenvalue weighted by atomic mass is 10.1. The molecule has 1 N–H and O–H groups in total. The minimum absolute atomic E-state index is 0.0260. The summed E-state index contributed by atoms with van der Waals surface area (Å²) in [6, 6.07) is 16.6. The Morgan fingerprint density at radius 3 is 2.29 bits per heavy atom. The minimum atomic E-state index is -0.0699. The van der Waals surface area contributed by atoms with E-state index < -0.39 is 0 Å². The number of para-hydroxylation sites is 2. The Hall–Kier alpha value is -2.62. The summed E-state index contributed by atoms with van der Waals surface area (Å²) in [6.45, 7) is 1.65. The average Bonchev–Trinajstić information content (AvgIpc) is 2.52. The third-order valence-corrected chi connectivity index (χ3v) is 3.25. The van der Waals surface area contributed by atoms with Gasteiger partial charge in [-0.15, -0.1) is 0 Å². The van der Waals surface area contributed by atoms with Crippen LogP contribution < -0.4 is 10.2 Å². The molecular weight excluding hydrogens is 264 g/mol. The Kier molecular flexibility index (Phi) is 4.72. The Morgan fingerprint density at radius 2 is 1.62 bits per heavy atom. The van der Waals surface area contributed by atoms with Crippen LogP contribution in [0.5, 0.6) is 0 Å².